The zero-order valence-corrected chi connectivity index (χ0v) is 14.2. The number of ether oxygens (including phenoxy) is 1. The summed E-state index contributed by atoms with van der Waals surface area (Å²) in [5, 5.41) is 3.26. The van der Waals surface area contributed by atoms with E-state index in [2.05, 4.69) is 64.6 Å². The van der Waals surface area contributed by atoms with Crippen LogP contribution in [0.25, 0.3) is 0 Å². The first-order valence-corrected chi connectivity index (χ1v) is 8.10. The molecule has 0 saturated carbocycles. The summed E-state index contributed by atoms with van der Waals surface area (Å²) >= 11 is 3.47. The Hall–Kier alpha value is -1.32. The van der Waals surface area contributed by atoms with Gasteiger partial charge in [-0.2, -0.15) is 0 Å². The van der Waals surface area contributed by atoms with Crippen LogP contribution in [0.15, 0.2) is 53.0 Å². The van der Waals surface area contributed by atoms with Crippen LogP contribution in [0.3, 0.4) is 0 Å². The molecule has 3 heteroatoms. The number of halogens is 1. The van der Waals surface area contributed by atoms with E-state index in [0.29, 0.717) is 12.6 Å². The molecule has 0 saturated heterocycles. The molecule has 0 aliphatic heterocycles. The molecule has 2 aromatic carbocycles. The van der Waals surface area contributed by atoms with Crippen molar-refractivity contribution >= 4 is 15.9 Å². The Kier molecular flexibility index (Phi) is 6.27. The van der Waals surface area contributed by atoms with Crippen LogP contribution in [0.2, 0.25) is 0 Å². The molecular formula is C18H22BrNO. The van der Waals surface area contributed by atoms with Crippen molar-refractivity contribution in [1.29, 1.82) is 0 Å². The number of hydrogen-bond donors (Lipinski definition) is 1. The fourth-order valence-electron chi connectivity index (χ4n) is 2.07. The van der Waals surface area contributed by atoms with Gasteiger partial charge in [0.1, 0.15) is 12.4 Å². The van der Waals surface area contributed by atoms with E-state index in [1.807, 2.05) is 19.2 Å². The Bertz CT molecular complexity index is 553. The van der Waals surface area contributed by atoms with Crippen LogP contribution in [-0.2, 0) is 13.0 Å². The minimum Gasteiger partial charge on any atom is -0.489 e. The van der Waals surface area contributed by atoms with Crippen molar-refractivity contribution in [3.8, 4) is 5.75 Å². The Balaban J connectivity index is 1.85. The molecule has 0 aromatic heterocycles. The first-order chi connectivity index (χ1) is 10.2. The fourth-order valence-corrected chi connectivity index (χ4v) is 2.52. The smallest absolute Gasteiger partial charge is 0.119 e. The second-order valence-electron chi connectivity index (χ2n) is 5.29. The molecule has 0 bridgehead atoms. The molecule has 2 nitrogen and oxygen atoms in total. The van der Waals surface area contributed by atoms with E-state index in [1.165, 1.54) is 5.56 Å². The van der Waals surface area contributed by atoms with Crippen molar-refractivity contribution in [2.75, 3.05) is 7.05 Å². The molecule has 2 rings (SSSR count). The van der Waals surface area contributed by atoms with Gasteiger partial charge in [-0.3, -0.25) is 0 Å². The van der Waals surface area contributed by atoms with Gasteiger partial charge in [0.2, 0.25) is 0 Å². The molecule has 0 aliphatic rings. The van der Waals surface area contributed by atoms with Crippen LogP contribution in [-0.4, -0.2) is 13.1 Å². The van der Waals surface area contributed by atoms with Gasteiger partial charge in [0, 0.05) is 10.5 Å². The molecule has 0 heterocycles. The summed E-state index contributed by atoms with van der Waals surface area (Å²) in [7, 11) is 2.00. The summed E-state index contributed by atoms with van der Waals surface area (Å²) in [6.07, 6.45) is 2.24. The highest BCUT2D eigenvalue weighted by molar-refractivity contribution is 9.10. The number of benzene rings is 2. The van der Waals surface area contributed by atoms with Crippen molar-refractivity contribution in [3.05, 3.63) is 64.1 Å². The minimum absolute atomic E-state index is 0.553. The monoisotopic (exact) mass is 347 g/mol. The molecule has 1 atom stereocenters. The highest BCUT2D eigenvalue weighted by Gasteiger charge is 2.01. The van der Waals surface area contributed by atoms with E-state index < -0.39 is 0 Å². The van der Waals surface area contributed by atoms with Crippen molar-refractivity contribution < 1.29 is 4.74 Å². The molecule has 0 radical (unpaired) electrons. The van der Waals surface area contributed by atoms with E-state index in [1.54, 1.807) is 0 Å². The van der Waals surface area contributed by atoms with Crippen molar-refractivity contribution in [1.82, 2.24) is 5.32 Å². The van der Waals surface area contributed by atoms with Crippen molar-refractivity contribution in [2.24, 2.45) is 0 Å². The van der Waals surface area contributed by atoms with Crippen LogP contribution in [0.5, 0.6) is 5.75 Å². The summed E-state index contributed by atoms with van der Waals surface area (Å²) in [5.41, 5.74) is 2.52. The lowest BCUT2D eigenvalue weighted by atomic mass is 10.1. The number of hydrogen-bond acceptors (Lipinski definition) is 2. The van der Waals surface area contributed by atoms with E-state index in [9.17, 15) is 0 Å². The molecule has 0 amide bonds. The van der Waals surface area contributed by atoms with Gasteiger partial charge in [0.15, 0.2) is 0 Å². The zero-order chi connectivity index (χ0) is 15.1. The molecule has 0 fully saturated rings. The Labute approximate surface area is 135 Å². The predicted molar refractivity (Wildman–Crippen MR) is 91.8 cm³/mol. The molecule has 0 aliphatic carbocycles. The first kappa shape index (κ1) is 16.1. The summed E-state index contributed by atoms with van der Waals surface area (Å²) in [4.78, 5) is 0. The van der Waals surface area contributed by atoms with Gasteiger partial charge in [-0.05, 0) is 62.2 Å². The Morgan fingerprint density at radius 1 is 1.10 bits per heavy atom. The largest absolute Gasteiger partial charge is 0.489 e. The standard InChI is InChI=1S/C18H22BrNO/c1-14(20-2)6-7-15-8-10-18(11-9-15)21-13-16-4-3-5-17(19)12-16/h3-5,8-12,14,20H,6-7,13H2,1-2H3. The number of nitrogens with one attached hydrogen (secondary N) is 1. The highest BCUT2D eigenvalue weighted by Crippen LogP contribution is 2.17. The summed E-state index contributed by atoms with van der Waals surface area (Å²) in [6, 6.07) is 17.1. The maximum absolute atomic E-state index is 5.82. The minimum atomic E-state index is 0.553. The van der Waals surface area contributed by atoms with Crippen molar-refractivity contribution in [3.63, 3.8) is 0 Å². The predicted octanol–water partition coefficient (Wildman–Crippen LogP) is 4.57. The second-order valence-corrected chi connectivity index (χ2v) is 6.21. The van der Waals surface area contributed by atoms with Gasteiger partial charge < -0.3 is 10.1 Å². The molecule has 112 valence electrons. The summed E-state index contributed by atoms with van der Waals surface area (Å²) in [6.45, 7) is 2.80. The SMILES string of the molecule is CNC(C)CCc1ccc(OCc2cccc(Br)c2)cc1. The van der Waals surface area contributed by atoms with Crippen LogP contribution in [0.1, 0.15) is 24.5 Å². The third-order valence-electron chi connectivity index (χ3n) is 3.58. The van der Waals surface area contributed by atoms with Gasteiger partial charge >= 0.3 is 0 Å². The lowest BCUT2D eigenvalue weighted by Crippen LogP contribution is -2.21. The molecule has 0 spiro atoms. The van der Waals surface area contributed by atoms with Gasteiger partial charge in [-0.1, -0.05) is 40.2 Å². The van der Waals surface area contributed by atoms with Crippen LogP contribution in [0.4, 0.5) is 0 Å². The summed E-state index contributed by atoms with van der Waals surface area (Å²) < 4.78 is 6.90. The lowest BCUT2D eigenvalue weighted by Gasteiger charge is -2.10. The quantitative estimate of drug-likeness (QED) is 0.792. The molecule has 21 heavy (non-hydrogen) atoms. The van der Waals surface area contributed by atoms with Gasteiger partial charge in [0.05, 0.1) is 0 Å². The molecule has 1 N–H and O–H groups in total. The van der Waals surface area contributed by atoms with E-state index in [0.717, 1.165) is 28.6 Å². The van der Waals surface area contributed by atoms with Crippen molar-refractivity contribution in [2.45, 2.75) is 32.4 Å². The van der Waals surface area contributed by atoms with Crippen LogP contribution < -0.4 is 10.1 Å². The Morgan fingerprint density at radius 3 is 2.52 bits per heavy atom. The average Bonchev–Trinajstić information content (AvgIpc) is 2.51. The molecule has 1 unspecified atom stereocenters. The van der Waals surface area contributed by atoms with Gasteiger partial charge in [-0.25, -0.2) is 0 Å². The van der Waals surface area contributed by atoms with Crippen LogP contribution >= 0.6 is 15.9 Å². The highest BCUT2D eigenvalue weighted by atomic mass is 79.9. The fraction of sp³-hybridized carbons (Fsp3) is 0.333. The topological polar surface area (TPSA) is 21.3 Å². The molecular weight excluding hydrogens is 326 g/mol. The van der Waals surface area contributed by atoms with Crippen LogP contribution in [0, 0.1) is 0 Å². The normalized spacial score (nSPS) is 12.1. The maximum Gasteiger partial charge on any atom is 0.119 e. The zero-order valence-electron chi connectivity index (χ0n) is 12.6. The van der Waals surface area contributed by atoms with E-state index in [-0.39, 0.29) is 0 Å². The third kappa shape index (κ3) is 5.52. The Morgan fingerprint density at radius 2 is 1.86 bits per heavy atom. The summed E-state index contributed by atoms with van der Waals surface area (Å²) in [5.74, 6) is 0.917. The first-order valence-electron chi connectivity index (χ1n) is 7.31. The van der Waals surface area contributed by atoms with E-state index in [4.69, 9.17) is 4.74 Å². The van der Waals surface area contributed by atoms with E-state index >= 15 is 0 Å². The average molecular weight is 348 g/mol. The number of aryl methyl sites for hydroxylation is 1. The molecule has 2 aromatic rings. The lowest BCUT2D eigenvalue weighted by molar-refractivity contribution is 0.306. The second kappa shape index (κ2) is 8.20. The van der Waals surface area contributed by atoms with Gasteiger partial charge in [-0.15, -0.1) is 0 Å². The van der Waals surface area contributed by atoms with Gasteiger partial charge in [0.25, 0.3) is 0 Å². The number of rotatable bonds is 7. The maximum atomic E-state index is 5.82. The third-order valence-corrected chi connectivity index (χ3v) is 4.07.